The van der Waals surface area contributed by atoms with Crippen LogP contribution >= 0.6 is 11.6 Å². The summed E-state index contributed by atoms with van der Waals surface area (Å²) in [5.74, 6) is 0.831. The highest BCUT2D eigenvalue weighted by atomic mass is 35.5. The number of nitrogens with one attached hydrogen (secondary N) is 1. The molecule has 11 heteroatoms. The van der Waals surface area contributed by atoms with Crippen LogP contribution in [0.3, 0.4) is 0 Å². The summed E-state index contributed by atoms with van der Waals surface area (Å²) in [6.45, 7) is 2.42. The summed E-state index contributed by atoms with van der Waals surface area (Å²) in [4.78, 5) is 22.6. The van der Waals surface area contributed by atoms with Crippen molar-refractivity contribution < 1.29 is 22.5 Å². The van der Waals surface area contributed by atoms with Gasteiger partial charge in [0.05, 0.1) is 21.8 Å². The third-order valence-electron chi connectivity index (χ3n) is 4.88. The molecule has 1 N–H and O–H groups in total. The zero-order chi connectivity index (χ0) is 22.9. The number of benzene rings is 1. The van der Waals surface area contributed by atoms with E-state index in [4.69, 9.17) is 16.1 Å². The van der Waals surface area contributed by atoms with E-state index in [1.165, 1.54) is 12.1 Å². The fourth-order valence-corrected chi connectivity index (χ4v) is 3.51. The number of anilines is 1. The zero-order valence-corrected chi connectivity index (χ0v) is 17.5. The maximum Gasteiger partial charge on any atom is 0.416 e. The molecule has 0 fully saturated rings. The van der Waals surface area contributed by atoms with E-state index in [0.717, 1.165) is 17.7 Å². The van der Waals surface area contributed by atoms with Crippen LogP contribution in [0.5, 0.6) is 0 Å². The topological polar surface area (TPSA) is 84.2 Å². The van der Waals surface area contributed by atoms with Gasteiger partial charge in [0.15, 0.2) is 5.82 Å². The number of hydrogen-bond acceptors (Lipinski definition) is 5. The molecule has 0 saturated heterocycles. The van der Waals surface area contributed by atoms with Crippen molar-refractivity contribution in [2.75, 3.05) is 18.4 Å². The largest absolute Gasteiger partial charge is 0.416 e. The van der Waals surface area contributed by atoms with Crippen molar-refractivity contribution >= 4 is 28.9 Å². The molecule has 2 amide bonds. The standard InChI is InChI=1S/C21H17ClF3N5O2/c1-12-27-19(32-29-12)14-10-17(22)18(26-11-14)13-6-8-30(9-7-13)20(31)28-16-4-2-15(3-5-16)21(23,24)25/h2-6,10-11H,7-9H2,1H3,(H,28,31). The van der Waals surface area contributed by atoms with Crippen LogP contribution in [0, 0.1) is 6.92 Å². The molecule has 0 spiro atoms. The van der Waals surface area contributed by atoms with Gasteiger partial charge in [-0.25, -0.2) is 4.79 Å². The average molecular weight is 464 g/mol. The molecule has 1 aromatic carbocycles. The summed E-state index contributed by atoms with van der Waals surface area (Å²) < 4.78 is 43.1. The van der Waals surface area contributed by atoms with Crippen LogP contribution in [0.4, 0.5) is 23.7 Å². The molecule has 1 aliphatic heterocycles. The van der Waals surface area contributed by atoms with Gasteiger partial charge in [-0.2, -0.15) is 18.2 Å². The number of amides is 2. The molecule has 0 unspecified atom stereocenters. The van der Waals surface area contributed by atoms with Crippen molar-refractivity contribution in [2.24, 2.45) is 0 Å². The molecule has 0 atom stereocenters. The minimum absolute atomic E-state index is 0.286. The second-order valence-corrected chi connectivity index (χ2v) is 7.54. The first-order chi connectivity index (χ1) is 15.2. The Bertz CT molecular complexity index is 1170. The summed E-state index contributed by atoms with van der Waals surface area (Å²) in [6, 6.07) is 5.60. The first-order valence-electron chi connectivity index (χ1n) is 9.59. The van der Waals surface area contributed by atoms with Crippen LogP contribution in [-0.4, -0.2) is 39.1 Å². The van der Waals surface area contributed by atoms with Crippen LogP contribution in [0.25, 0.3) is 17.0 Å². The third-order valence-corrected chi connectivity index (χ3v) is 5.17. The number of aromatic nitrogens is 3. The van der Waals surface area contributed by atoms with Crippen molar-refractivity contribution in [1.29, 1.82) is 0 Å². The smallest absolute Gasteiger partial charge is 0.334 e. The van der Waals surface area contributed by atoms with E-state index in [2.05, 4.69) is 20.4 Å². The van der Waals surface area contributed by atoms with E-state index in [-0.39, 0.29) is 5.69 Å². The molecule has 166 valence electrons. The molecule has 0 saturated carbocycles. The average Bonchev–Trinajstić information content (AvgIpc) is 3.20. The highest BCUT2D eigenvalue weighted by molar-refractivity contribution is 6.32. The molecule has 4 rings (SSSR count). The summed E-state index contributed by atoms with van der Waals surface area (Å²) >= 11 is 6.40. The molecule has 0 aliphatic carbocycles. The molecule has 0 bridgehead atoms. The Labute approximate surface area is 185 Å². The Kier molecular flexibility index (Phi) is 5.88. The number of hydrogen-bond donors (Lipinski definition) is 1. The van der Waals surface area contributed by atoms with Crippen LogP contribution in [0.1, 0.15) is 23.5 Å². The van der Waals surface area contributed by atoms with Crippen molar-refractivity contribution in [3.63, 3.8) is 0 Å². The van der Waals surface area contributed by atoms with E-state index in [1.807, 2.05) is 6.08 Å². The second kappa shape index (κ2) is 8.62. The molecule has 7 nitrogen and oxygen atoms in total. The van der Waals surface area contributed by atoms with E-state index in [0.29, 0.717) is 47.5 Å². The molecule has 3 heterocycles. The van der Waals surface area contributed by atoms with Gasteiger partial charge in [-0.05, 0) is 49.2 Å². The molecule has 1 aliphatic rings. The van der Waals surface area contributed by atoms with E-state index in [9.17, 15) is 18.0 Å². The molecular formula is C21H17ClF3N5O2. The summed E-state index contributed by atoms with van der Waals surface area (Å²) in [5.41, 5.74) is 1.62. The Morgan fingerprint density at radius 3 is 2.56 bits per heavy atom. The number of alkyl halides is 3. The van der Waals surface area contributed by atoms with Crippen LogP contribution in [0.2, 0.25) is 5.02 Å². The fourth-order valence-electron chi connectivity index (χ4n) is 3.22. The highest BCUT2D eigenvalue weighted by Gasteiger charge is 2.30. The predicted molar refractivity (Wildman–Crippen MR) is 112 cm³/mol. The third kappa shape index (κ3) is 4.75. The highest BCUT2D eigenvalue weighted by Crippen LogP contribution is 2.31. The first-order valence-corrected chi connectivity index (χ1v) is 9.97. The van der Waals surface area contributed by atoms with Crippen LogP contribution in [-0.2, 0) is 6.18 Å². The normalized spacial score (nSPS) is 14.3. The van der Waals surface area contributed by atoms with Crippen LogP contribution < -0.4 is 5.32 Å². The lowest BCUT2D eigenvalue weighted by atomic mass is 10.0. The van der Waals surface area contributed by atoms with Crippen molar-refractivity contribution in [2.45, 2.75) is 19.5 Å². The van der Waals surface area contributed by atoms with Gasteiger partial charge in [0.2, 0.25) is 0 Å². The monoisotopic (exact) mass is 463 g/mol. The Hall–Kier alpha value is -3.40. The lowest BCUT2D eigenvalue weighted by molar-refractivity contribution is -0.137. The summed E-state index contributed by atoms with van der Waals surface area (Å²) in [6.07, 6.45) is -0.458. The number of nitrogens with zero attached hydrogens (tertiary/aromatic N) is 4. The van der Waals surface area contributed by atoms with Gasteiger partial charge in [-0.3, -0.25) is 4.98 Å². The first kappa shape index (κ1) is 21.8. The molecule has 32 heavy (non-hydrogen) atoms. The number of aryl methyl sites for hydroxylation is 1. The Morgan fingerprint density at radius 1 is 1.25 bits per heavy atom. The summed E-state index contributed by atoms with van der Waals surface area (Å²) in [7, 11) is 0. The minimum atomic E-state index is -4.42. The van der Waals surface area contributed by atoms with E-state index >= 15 is 0 Å². The number of urea groups is 1. The molecule has 2 aromatic heterocycles. The Balaban J connectivity index is 1.40. The summed E-state index contributed by atoms with van der Waals surface area (Å²) in [5, 5.41) is 6.78. The van der Waals surface area contributed by atoms with Gasteiger partial charge < -0.3 is 14.7 Å². The van der Waals surface area contributed by atoms with Gasteiger partial charge >= 0.3 is 12.2 Å². The molecule has 3 aromatic rings. The number of pyridine rings is 1. The fraction of sp³-hybridized carbons (Fsp3) is 0.238. The van der Waals surface area contributed by atoms with Crippen LogP contribution in [0.15, 0.2) is 47.1 Å². The number of carbonyl (C=O) groups is 1. The number of carbonyl (C=O) groups excluding carboxylic acids is 1. The van der Waals surface area contributed by atoms with Gasteiger partial charge in [-0.1, -0.05) is 22.8 Å². The lowest BCUT2D eigenvalue weighted by Gasteiger charge is -2.27. The number of halogens is 4. The minimum Gasteiger partial charge on any atom is -0.334 e. The zero-order valence-electron chi connectivity index (χ0n) is 16.8. The molecular weight excluding hydrogens is 447 g/mol. The maximum atomic E-state index is 12.7. The van der Waals surface area contributed by atoms with Crippen molar-refractivity contribution in [3.05, 3.63) is 64.7 Å². The van der Waals surface area contributed by atoms with E-state index < -0.39 is 17.8 Å². The Morgan fingerprint density at radius 2 is 2.00 bits per heavy atom. The SMILES string of the molecule is Cc1noc(-c2cnc(C3=CCN(C(=O)Nc4ccc(C(F)(F)F)cc4)CC3)c(Cl)c2)n1. The predicted octanol–water partition coefficient (Wildman–Crippen LogP) is 5.43. The quantitative estimate of drug-likeness (QED) is 0.559. The van der Waals surface area contributed by atoms with Gasteiger partial charge in [0.25, 0.3) is 5.89 Å². The van der Waals surface area contributed by atoms with E-state index in [1.54, 1.807) is 24.1 Å². The maximum absolute atomic E-state index is 12.7. The van der Waals surface area contributed by atoms with Gasteiger partial charge in [-0.15, -0.1) is 0 Å². The second-order valence-electron chi connectivity index (χ2n) is 7.13. The van der Waals surface area contributed by atoms with Crippen molar-refractivity contribution in [1.82, 2.24) is 20.0 Å². The van der Waals surface area contributed by atoms with Gasteiger partial charge in [0, 0.05) is 25.0 Å². The van der Waals surface area contributed by atoms with Gasteiger partial charge in [0.1, 0.15) is 0 Å². The molecule has 0 radical (unpaired) electrons. The number of rotatable bonds is 3. The lowest BCUT2D eigenvalue weighted by Crippen LogP contribution is -2.38. The van der Waals surface area contributed by atoms with Crippen molar-refractivity contribution in [3.8, 4) is 11.5 Å².